The summed E-state index contributed by atoms with van der Waals surface area (Å²) in [4.78, 5) is 37.8. The summed E-state index contributed by atoms with van der Waals surface area (Å²) in [5.41, 5.74) is 1.87. The highest BCUT2D eigenvalue weighted by molar-refractivity contribution is 6.00. The first-order valence-electron chi connectivity index (χ1n) is 9.28. The number of Topliss-reactive ketones (excluding diaryl/α,β-unsaturated/α-hetero) is 1. The van der Waals surface area contributed by atoms with Crippen LogP contribution in [0.5, 0.6) is 5.75 Å². The number of urea groups is 1. The summed E-state index contributed by atoms with van der Waals surface area (Å²) in [6.07, 6.45) is 0.203. The van der Waals surface area contributed by atoms with Crippen LogP contribution in [0.3, 0.4) is 0 Å². The quantitative estimate of drug-likeness (QED) is 0.688. The molecule has 1 aliphatic rings. The molecule has 1 aliphatic heterocycles. The Balaban J connectivity index is 1.52. The van der Waals surface area contributed by atoms with E-state index in [2.05, 4.69) is 10.6 Å². The Kier molecular flexibility index (Phi) is 6.26. The number of nitrogens with one attached hydrogen (secondary N) is 2. The molecule has 2 aromatic carbocycles. The highest BCUT2D eigenvalue weighted by Crippen LogP contribution is 2.21. The van der Waals surface area contributed by atoms with Crippen molar-refractivity contribution in [3.63, 3.8) is 0 Å². The van der Waals surface area contributed by atoms with Gasteiger partial charge >= 0.3 is 6.03 Å². The van der Waals surface area contributed by atoms with Crippen LogP contribution in [0.2, 0.25) is 0 Å². The van der Waals surface area contributed by atoms with Crippen molar-refractivity contribution in [3.8, 4) is 5.75 Å². The van der Waals surface area contributed by atoms with Gasteiger partial charge in [-0.25, -0.2) is 4.79 Å². The highest BCUT2D eigenvalue weighted by Gasteiger charge is 2.21. The Hall–Kier alpha value is -3.35. The van der Waals surface area contributed by atoms with E-state index in [9.17, 15) is 14.4 Å². The number of amides is 3. The smallest absolute Gasteiger partial charge is 0.321 e. The van der Waals surface area contributed by atoms with Gasteiger partial charge in [0.25, 0.3) is 0 Å². The van der Waals surface area contributed by atoms with Crippen molar-refractivity contribution in [3.05, 3.63) is 54.1 Å². The number of hydrogen-bond acceptors (Lipinski definition) is 4. The third-order valence-electron chi connectivity index (χ3n) is 4.36. The van der Waals surface area contributed by atoms with Crippen molar-refractivity contribution in [2.24, 2.45) is 0 Å². The molecular formula is C21H23N3O4. The molecule has 1 fully saturated rings. The molecule has 7 heteroatoms. The first kappa shape index (κ1) is 19.4. The topological polar surface area (TPSA) is 87.7 Å². The fraction of sp³-hybridized carbons (Fsp3) is 0.286. The van der Waals surface area contributed by atoms with E-state index in [4.69, 9.17) is 4.74 Å². The minimum Gasteiger partial charge on any atom is -0.494 e. The second-order valence-corrected chi connectivity index (χ2v) is 6.36. The van der Waals surface area contributed by atoms with E-state index >= 15 is 0 Å². The predicted octanol–water partition coefficient (Wildman–Crippen LogP) is 3.22. The maximum atomic E-state index is 12.3. The minimum absolute atomic E-state index is 0.0838. The average molecular weight is 381 g/mol. The summed E-state index contributed by atoms with van der Waals surface area (Å²) >= 11 is 0. The van der Waals surface area contributed by atoms with Crippen molar-refractivity contribution < 1.29 is 19.1 Å². The third kappa shape index (κ3) is 4.88. The van der Waals surface area contributed by atoms with Gasteiger partial charge in [0.15, 0.2) is 5.78 Å². The van der Waals surface area contributed by atoms with Crippen LogP contribution in [0.15, 0.2) is 48.5 Å². The number of ether oxygens (including phenoxy) is 1. The van der Waals surface area contributed by atoms with E-state index < -0.39 is 0 Å². The van der Waals surface area contributed by atoms with Gasteiger partial charge in [-0.05, 0) is 49.4 Å². The number of carbonyl (C=O) groups is 3. The van der Waals surface area contributed by atoms with Crippen LogP contribution < -0.4 is 20.3 Å². The lowest BCUT2D eigenvalue weighted by atomic mass is 10.1. The molecule has 146 valence electrons. The van der Waals surface area contributed by atoms with Gasteiger partial charge in [-0.15, -0.1) is 0 Å². The number of carbonyl (C=O) groups excluding carboxylic acids is 3. The van der Waals surface area contributed by atoms with Crippen molar-refractivity contribution in [1.29, 1.82) is 0 Å². The van der Waals surface area contributed by atoms with Crippen LogP contribution in [-0.2, 0) is 4.79 Å². The van der Waals surface area contributed by atoms with Crippen LogP contribution in [-0.4, -0.2) is 37.4 Å². The normalized spacial score (nSPS) is 13.2. The Morgan fingerprint density at radius 3 is 2.61 bits per heavy atom. The highest BCUT2D eigenvalue weighted by atomic mass is 16.5. The fourth-order valence-corrected chi connectivity index (χ4v) is 2.97. The van der Waals surface area contributed by atoms with E-state index in [0.29, 0.717) is 36.7 Å². The molecule has 28 heavy (non-hydrogen) atoms. The van der Waals surface area contributed by atoms with Gasteiger partial charge in [-0.2, -0.15) is 0 Å². The zero-order valence-corrected chi connectivity index (χ0v) is 15.7. The molecule has 3 amide bonds. The number of benzene rings is 2. The monoisotopic (exact) mass is 381 g/mol. The Bertz CT molecular complexity index is 864. The molecule has 0 unspecified atom stereocenters. The molecule has 1 saturated heterocycles. The maximum Gasteiger partial charge on any atom is 0.321 e. The lowest BCUT2D eigenvalue weighted by Crippen LogP contribution is -2.27. The molecule has 0 aromatic heterocycles. The Labute approximate surface area is 163 Å². The second-order valence-electron chi connectivity index (χ2n) is 6.36. The van der Waals surface area contributed by atoms with E-state index in [1.54, 1.807) is 47.4 Å². The number of nitrogens with zero attached hydrogens (tertiary/aromatic N) is 1. The first-order valence-corrected chi connectivity index (χ1v) is 9.28. The molecule has 0 radical (unpaired) electrons. The number of rotatable bonds is 8. The molecule has 1 heterocycles. The van der Waals surface area contributed by atoms with Gasteiger partial charge in [0.05, 0.1) is 6.61 Å². The molecule has 2 N–H and O–H groups in total. The van der Waals surface area contributed by atoms with Gasteiger partial charge in [-0.1, -0.05) is 6.07 Å². The zero-order chi connectivity index (χ0) is 19.9. The molecule has 0 atom stereocenters. The summed E-state index contributed by atoms with van der Waals surface area (Å²) in [6.45, 7) is 3.65. The van der Waals surface area contributed by atoms with Crippen LogP contribution in [0, 0.1) is 0 Å². The third-order valence-corrected chi connectivity index (χ3v) is 4.36. The maximum absolute atomic E-state index is 12.3. The van der Waals surface area contributed by atoms with Crippen molar-refractivity contribution >= 4 is 29.1 Å². The molecule has 0 spiro atoms. The molecule has 2 aromatic rings. The Morgan fingerprint density at radius 2 is 1.93 bits per heavy atom. The van der Waals surface area contributed by atoms with Crippen LogP contribution in [0.25, 0.3) is 0 Å². The SMILES string of the molecule is CCOc1ccc(C(=O)CCC(=O)Nc2cccc(N3CCNC3=O)c2)cc1. The van der Waals surface area contributed by atoms with Crippen LogP contribution in [0.4, 0.5) is 16.2 Å². The van der Waals surface area contributed by atoms with Gasteiger partial charge in [0.1, 0.15) is 5.75 Å². The Morgan fingerprint density at radius 1 is 1.14 bits per heavy atom. The van der Waals surface area contributed by atoms with Crippen molar-refractivity contribution in [1.82, 2.24) is 5.32 Å². The van der Waals surface area contributed by atoms with E-state index in [-0.39, 0.29) is 30.6 Å². The average Bonchev–Trinajstić information content (AvgIpc) is 3.13. The largest absolute Gasteiger partial charge is 0.494 e. The molecule has 3 rings (SSSR count). The number of anilines is 2. The number of ketones is 1. The lowest BCUT2D eigenvalue weighted by Gasteiger charge is -2.15. The summed E-state index contributed by atoms with van der Waals surface area (Å²) in [6, 6.07) is 13.8. The molecule has 0 aliphatic carbocycles. The molecular weight excluding hydrogens is 358 g/mol. The summed E-state index contributed by atoms with van der Waals surface area (Å²) < 4.78 is 5.35. The van der Waals surface area contributed by atoms with Crippen LogP contribution >= 0.6 is 0 Å². The van der Waals surface area contributed by atoms with E-state index in [0.717, 1.165) is 5.69 Å². The second kappa shape index (κ2) is 9.03. The van der Waals surface area contributed by atoms with Gasteiger partial charge in [-0.3, -0.25) is 14.5 Å². The van der Waals surface area contributed by atoms with Gasteiger partial charge < -0.3 is 15.4 Å². The van der Waals surface area contributed by atoms with E-state index in [1.807, 2.05) is 13.0 Å². The molecule has 0 saturated carbocycles. The van der Waals surface area contributed by atoms with Crippen molar-refractivity contribution in [2.75, 3.05) is 29.9 Å². The van der Waals surface area contributed by atoms with Gasteiger partial charge in [0.2, 0.25) is 5.91 Å². The van der Waals surface area contributed by atoms with Crippen LogP contribution in [0.1, 0.15) is 30.1 Å². The fourth-order valence-electron chi connectivity index (χ4n) is 2.97. The minimum atomic E-state index is -0.248. The molecule has 0 bridgehead atoms. The standard InChI is InChI=1S/C21H23N3O4/c1-2-28-18-8-6-15(7-9-18)19(25)10-11-20(26)23-16-4-3-5-17(14-16)24-13-12-22-21(24)27/h3-9,14H,2,10-13H2,1H3,(H,22,27)(H,23,26). The lowest BCUT2D eigenvalue weighted by molar-refractivity contribution is -0.116. The predicted molar refractivity (Wildman–Crippen MR) is 107 cm³/mol. The van der Waals surface area contributed by atoms with E-state index in [1.165, 1.54) is 0 Å². The summed E-state index contributed by atoms with van der Waals surface area (Å²) in [7, 11) is 0. The van der Waals surface area contributed by atoms with Gasteiger partial charge in [0, 0.05) is 42.9 Å². The first-order chi connectivity index (χ1) is 13.6. The summed E-state index contributed by atoms with van der Waals surface area (Å²) in [5.74, 6) is 0.367. The van der Waals surface area contributed by atoms with Crippen molar-refractivity contribution in [2.45, 2.75) is 19.8 Å². The molecule has 7 nitrogen and oxygen atoms in total. The summed E-state index contributed by atoms with van der Waals surface area (Å²) in [5, 5.41) is 5.53. The number of hydrogen-bond donors (Lipinski definition) is 2. The zero-order valence-electron chi connectivity index (χ0n) is 15.7.